The zero-order valence-electron chi connectivity index (χ0n) is 9.39. The highest BCUT2D eigenvalue weighted by atomic mass is 16.5. The fourth-order valence-corrected chi connectivity index (χ4v) is 2.59. The quantitative estimate of drug-likeness (QED) is 0.566. The van der Waals surface area contributed by atoms with E-state index in [0.717, 1.165) is 36.4 Å². The van der Waals surface area contributed by atoms with Gasteiger partial charge in [0.15, 0.2) is 0 Å². The number of rotatable bonds is 0. The van der Waals surface area contributed by atoms with Crippen molar-refractivity contribution in [1.82, 2.24) is 4.98 Å². The Bertz CT molecular complexity index is 413. The Morgan fingerprint density at radius 2 is 2.44 bits per heavy atom. The first-order valence-electron chi connectivity index (χ1n) is 5.74. The van der Waals surface area contributed by atoms with Gasteiger partial charge < -0.3 is 14.7 Å². The van der Waals surface area contributed by atoms with Gasteiger partial charge in [-0.1, -0.05) is 5.46 Å². The maximum absolute atomic E-state index is 10.0. The highest BCUT2D eigenvalue weighted by Gasteiger charge is 2.34. The van der Waals surface area contributed by atoms with Gasteiger partial charge in [0.2, 0.25) is 0 Å². The van der Waals surface area contributed by atoms with Crippen molar-refractivity contribution in [3.8, 4) is 0 Å². The van der Waals surface area contributed by atoms with Gasteiger partial charge in [-0.15, -0.1) is 0 Å². The normalized spacial score (nSPS) is 28.4. The number of anilines is 1. The molecule has 3 rings (SSSR count). The molecule has 1 N–H and O–H groups in total. The van der Waals surface area contributed by atoms with Gasteiger partial charge in [-0.05, 0) is 6.07 Å². The minimum Gasteiger partial charge on any atom is -0.387 e. The summed E-state index contributed by atoms with van der Waals surface area (Å²) in [6.07, 6.45) is 2.10. The number of hydrogen-bond acceptors (Lipinski definition) is 4. The fraction of sp³-hybridized carbons (Fsp3) is 0.545. The number of aliphatic hydroxyl groups is 1. The van der Waals surface area contributed by atoms with Gasteiger partial charge >= 0.3 is 0 Å². The Kier molecular flexibility index (Phi) is 2.37. The van der Waals surface area contributed by atoms with E-state index in [1.54, 1.807) is 0 Å². The van der Waals surface area contributed by atoms with Crippen LogP contribution in [0.1, 0.15) is 18.2 Å². The predicted octanol–water partition coefficient (Wildman–Crippen LogP) is -1.02. The summed E-state index contributed by atoms with van der Waals surface area (Å²) in [7, 11) is 2.03. The van der Waals surface area contributed by atoms with E-state index >= 15 is 0 Å². The summed E-state index contributed by atoms with van der Waals surface area (Å²) in [5.74, 6) is 0. The minimum absolute atomic E-state index is 0.305. The van der Waals surface area contributed by atoms with Crippen LogP contribution >= 0.6 is 0 Å². The number of fused-ring (bicyclic) bond motifs is 3. The summed E-state index contributed by atoms with van der Waals surface area (Å²) in [6.45, 7) is 2.37. The summed E-state index contributed by atoms with van der Waals surface area (Å²) >= 11 is 0. The van der Waals surface area contributed by atoms with Crippen molar-refractivity contribution in [2.75, 3.05) is 24.7 Å². The molecule has 1 aromatic heterocycles. The number of aromatic nitrogens is 1. The van der Waals surface area contributed by atoms with Gasteiger partial charge in [0.25, 0.3) is 0 Å². The first kappa shape index (κ1) is 10.1. The summed E-state index contributed by atoms with van der Waals surface area (Å²) < 4.78 is 5.46. The van der Waals surface area contributed by atoms with Crippen LogP contribution in [0.4, 0.5) is 5.69 Å². The lowest BCUT2D eigenvalue weighted by atomic mass is 9.92. The van der Waals surface area contributed by atoms with Crippen molar-refractivity contribution in [2.45, 2.75) is 18.6 Å². The molecule has 1 saturated heterocycles. The lowest BCUT2D eigenvalue weighted by Crippen LogP contribution is -2.49. The van der Waals surface area contributed by atoms with Crippen LogP contribution in [-0.4, -0.2) is 43.7 Å². The highest BCUT2D eigenvalue weighted by molar-refractivity contribution is 6.32. The molecule has 1 aromatic rings. The van der Waals surface area contributed by atoms with E-state index in [4.69, 9.17) is 4.74 Å². The van der Waals surface area contributed by atoms with Gasteiger partial charge in [0, 0.05) is 19.2 Å². The first-order chi connectivity index (χ1) is 7.75. The smallest absolute Gasteiger partial charge is 0.141 e. The summed E-state index contributed by atoms with van der Waals surface area (Å²) in [6, 6.07) is 2.42. The van der Waals surface area contributed by atoms with E-state index in [-0.39, 0.29) is 0 Å². The average molecular weight is 218 g/mol. The molecule has 2 aliphatic heterocycles. The van der Waals surface area contributed by atoms with Crippen LogP contribution in [0.2, 0.25) is 0 Å². The number of morpholine rings is 1. The van der Waals surface area contributed by atoms with Crippen LogP contribution in [0, 0.1) is 0 Å². The Morgan fingerprint density at radius 1 is 1.56 bits per heavy atom. The molecule has 0 aromatic carbocycles. The van der Waals surface area contributed by atoms with Crippen molar-refractivity contribution in [1.29, 1.82) is 0 Å². The molecule has 3 heterocycles. The minimum atomic E-state index is -0.446. The SMILES string of the molecule is Bc1cnc2c(c1)N1CCOCC1CC2O. The van der Waals surface area contributed by atoms with Crippen molar-refractivity contribution in [3.05, 3.63) is 18.0 Å². The topological polar surface area (TPSA) is 45.6 Å². The second kappa shape index (κ2) is 3.75. The third kappa shape index (κ3) is 1.51. The highest BCUT2D eigenvalue weighted by Crippen LogP contribution is 2.35. The Balaban J connectivity index is 2.05. The molecule has 0 bridgehead atoms. The van der Waals surface area contributed by atoms with Gasteiger partial charge in [-0.2, -0.15) is 0 Å². The van der Waals surface area contributed by atoms with Crippen molar-refractivity contribution in [3.63, 3.8) is 0 Å². The van der Waals surface area contributed by atoms with Crippen LogP contribution in [-0.2, 0) is 4.74 Å². The van der Waals surface area contributed by atoms with E-state index in [2.05, 4.69) is 16.0 Å². The summed E-state index contributed by atoms with van der Waals surface area (Å²) in [4.78, 5) is 6.68. The second-order valence-electron chi connectivity index (χ2n) is 4.59. The average Bonchev–Trinajstić information content (AvgIpc) is 2.29. The van der Waals surface area contributed by atoms with Crippen molar-refractivity contribution in [2.24, 2.45) is 0 Å². The molecular formula is C11H15BN2O2. The van der Waals surface area contributed by atoms with Crippen molar-refractivity contribution < 1.29 is 9.84 Å². The molecule has 84 valence electrons. The molecule has 16 heavy (non-hydrogen) atoms. The van der Waals surface area contributed by atoms with E-state index < -0.39 is 6.10 Å². The third-order valence-corrected chi connectivity index (χ3v) is 3.38. The van der Waals surface area contributed by atoms with Crippen LogP contribution in [0.15, 0.2) is 12.3 Å². The lowest BCUT2D eigenvalue weighted by molar-refractivity contribution is 0.0597. The number of pyridine rings is 1. The maximum atomic E-state index is 10.0. The van der Waals surface area contributed by atoms with Crippen LogP contribution in [0.5, 0.6) is 0 Å². The first-order valence-corrected chi connectivity index (χ1v) is 5.74. The predicted molar refractivity (Wildman–Crippen MR) is 63.9 cm³/mol. The van der Waals surface area contributed by atoms with Gasteiger partial charge in [-0.3, -0.25) is 4.98 Å². The zero-order chi connectivity index (χ0) is 11.1. The molecule has 2 aliphatic rings. The molecule has 0 aliphatic carbocycles. The molecule has 4 nitrogen and oxygen atoms in total. The molecule has 2 unspecified atom stereocenters. The number of hydrogen-bond donors (Lipinski definition) is 1. The molecule has 0 saturated carbocycles. The number of aliphatic hydroxyl groups excluding tert-OH is 1. The van der Waals surface area contributed by atoms with Crippen molar-refractivity contribution >= 4 is 19.0 Å². The van der Waals surface area contributed by atoms with Crippen LogP contribution in [0.3, 0.4) is 0 Å². The summed E-state index contributed by atoms with van der Waals surface area (Å²) in [5, 5.41) is 10.0. The van der Waals surface area contributed by atoms with Gasteiger partial charge in [0.05, 0.1) is 30.6 Å². The molecule has 1 fully saturated rings. The fourth-order valence-electron chi connectivity index (χ4n) is 2.59. The Hall–Kier alpha value is -1.07. The lowest BCUT2D eigenvalue weighted by Gasteiger charge is -2.43. The van der Waals surface area contributed by atoms with Gasteiger partial charge in [-0.25, -0.2) is 0 Å². The second-order valence-corrected chi connectivity index (χ2v) is 4.59. The number of ether oxygens (including phenoxy) is 1. The monoisotopic (exact) mass is 218 g/mol. The molecular weight excluding hydrogens is 203 g/mol. The summed E-state index contributed by atoms with van der Waals surface area (Å²) in [5.41, 5.74) is 3.05. The molecule has 5 heteroatoms. The molecule has 2 atom stereocenters. The van der Waals surface area contributed by atoms with Crippen LogP contribution < -0.4 is 10.4 Å². The maximum Gasteiger partial charge on any atom is 0.141 e. The van der Waals surface area contributed by atoms with E-state index in [9.17, 15) is 5.11 Å². The molecule has 0 amide bonds. The Labute approximate surface area is 95.6 Å². The molecule has 0 spiro atoms. The zero-order valence-corrected chi connectivity index (χ0v) is 9.39. The van der Waals surface area contributed by atoms with Gasteiger partial charge in [0.1, 0.15) is 14.0 Å². The van der Waals surface area contributed by atoms with E-state index in [0.29, 0.717) is 12.6 Å². The Morgan fingerprint density at radius 3 is 3.31 bits per heavy atom. The number of nitrogens with zero attached hydrogens (tertiary/aromatic N) is 2. The van der Waals surface area contributed by atoms with E-state index in [1.165, 1.54) is 0 Å². The standard InChI is InChI=1S/C11H15BN2O2/c12-7-3-9-11(13-5-7)10(15)4-8-6-16-2-1-14(8)9/h3,5,8,10,15H,1-2,4,6,12H2. The van der Waals surface area contributed by atoms with Crippen LogP contribution in [0.25, 0.3) is 0 Å². The largest absolute Gasteiger partial charge is 0.387 e. The third-order valence-electron chi connectivity index (χ3n) is 3.38. The van der Waals surface area contributed by atoms with E-state index in [1.807, 2.05) is 14.0 Å². The molecule has 0 radical (unpaired) electrons.